The number of nitrogens with two attached hydrogens (primary N) is 1. The summed E-state index contributed by atoms with van der Waals surface area (Å²) in [5, 5.41) is 5.23. The van der Waals surface area contributed by atoms with Crippen LogP contribution in [-0.2, 0) is 16.1 Å². The van der Waals surface area contributed by atoms with E-state index in [-0.39, 0.29) is 18.5 Å². The third kappa shape index (κ3) is 5.39. The minimum absolute atomic E-state index is 0.101. The van der Waals surface area contributed by atoms with Crippen molar-refractivity contribution in [2.75, 3.05) is 56.6 Å². The summed E-state index contributed by atoms with van der Waals surface area (Å²) >= 11 is 0. The van der Waals surface area contributed by atoms with Gasteiger partial charge in [-0.2, -0.15) is 9.50 Å². The number of hydrogen-bond acceptors (Lipinski definition) is 10. The van der Waals surface area contributed by atoms with Crippen molar-refractivity contribution in [1.82, 2.24) is 34.0 Å². The highest BCUT2D eigenvalue weighted by Crippen LogP contribution is 2.30. The molecular formula is C29H30N10O3. The van der Waals surface area contributed by atoms with Gasteiger partial charge in [0.2, 0.25) is 23.2 Å². The Labute approximate surface area is 241 Å². The predicted octanol–water partition coefficient (Wildman–Crippen LogP) is 3.04. The predicted molar refractivity (Wildman–Crippen MR) is 157 cm³/mol. The normalized spacial score (nSPS) is 13.9. The number of ether oxygens (including phenoxy) is 2. The average Bonchev–Trinajstić information content (AvgIpc) is 3.63. The Kier molecular flexibility index (Phi) is 7.52. The molecule has 0 atom stereocenters. The number of esters is 1. The van der Waals surface area contributed by atoms with Crippen molar-refractivity contribution in [3.63, 3.8) is 0 Å². The highest BCUT2D eigenvalue weighted by molar-refractivity contribution is 5.94. The highest BCUT2D eigenvalue weighted by Gasteiger charge is 2.23. The van der Waals surface area contributed by atoms with E-state index in [0.717, 1.165) is 43.8 Å². The van der Waals surface area contributed by atoms with Gasteiger partial charge in [0.05, 0.1) is 18.5 Å². The standard InChI is InChI=1S/C29H30N10O3/c1-3-41-25(40)19-42-21-9-7-20(8-10-21)37-15-12-36(13-16-37)14-17-38-24(31-2)18-22-27(38)34-29(30)39-28(22)33-26(35-39)23-6-4-5-11-32-23/h4-11,18H,3,12-17,19H2,1H3,(H2,30,34). The lowest BCUT2D eigenvalue weighted by atomic mass is 10.2. The summed E-state index contributed by atoms with van der Waals surface area (Å²) in [5.41, 5.74) is 9.20. The first kappa shape index (κ1) is 27.0. The number of fused-ring (bicyclic) bond motifs is 3. The fourth-order valence-electron chi connectivity index (χ4n) is 5.10. The second-order valence-corrected chi connectivity index (χ2v) is 9.78. The van der Waals surface area contributed by atoms with Crippen LogP contribution in [0.5, 0.6) is 5.75 Å². The maximum atomic E-state index is 11.5. The third-order valence-corrected chi connectivity index (χ3v) is 7.22. The minimum Gasteiger partial charge on any atom is -0.482 e. The summed E-state index contributed by atoms with van der Waals surface area (Å²) in [6, 6.07) is 15.1. The molecule has 0 spiro atoms. The van der Waals surface area contributed by atoms with Crippen molar-refractivity contribution in [3.8, 4) is 17.3 Å². The number of carbonyl (C=O) groups excluding carboxylic acids is 1. The quantitative estimate of drug-likeness (QED) is 0.210. The summed E-state index contributed by atoms with van der Waals surface area (Å²) in [6.07, 6.45) is 1.69. The van der Waals surface area contributed by atoms with Gasteiger partial charge in [-0.1, -0.05) is 12.6 Å². The number of hydrogen-bond donors (Lipinski definition) is 1. The van der Waals surface area contributed by atoms with E-state index in [0.29, 0.717) is 47.5 Å². The second kappa shape index (κ2) is 11.7. The van der Waals surface area contributed by atoms with Crippen LogP contribution in [0.3, 0.4) is 0 Å². The summed E-state index contributed by atoms with van der Waals surface area (Å²) in [5.74, 6) is 1.39. The summed E-state index contributed by atoms with van der Waals surface area (Å²) in [6.45, 7) is 14.6. The fourth-order valence-corrected chi connectivity index (χ4v) is 5.10. The molecule has 0 radical (unpaired) electrons. The lowest BCUT2D eigenvalue weighted by molar-refractivity contribution is -0.145. The number of piperazine rings is 1. The van der Waals surface area contributed by atoms with Gasteiger partial charge in [0.1, 0.15) is 11.4 Å². The lowest BCUT2D eigenvalue weighted by Gasteiger charge is -2.36. The zero-order valence-corrected chi connectivity index (χ0v) is 23.2. The van der Waals surface area contributed by atoms with Crippen LogP contribution < -0.4 is 15.4 Å². The molecule has 5 aromatic rings. The molecule has 1 fully saturated rings. The number of rotatable bonds is 9. The molecular weight excluding hydrogens is 536 g/mol. The van der Waals surface area contributed by atoms with Crippen LogP contribution in [0.2, 0.25) is 0 Å². The van der Waals surface area contributed by atoms with Crippen LogP contribution >= 0.6 is 0 Å². The molecule has 1 aliphatic heterocycles. The van der Waals surface area contributed by atoms with Crippen LogP contribution in [0.4, 0.5) is 17.5 Å². The van der Waals surface area contributed by atoms with Gasteiger partial charge in [0, 0.05) is 44.6 Å². The molecule has 13 nitrogen and oxygen atoms in total. The van der Waals surface area contributed by atoms with Gasteiger partial charge in [-0.15, -0.1) is 5.10 Å². The number of nitrogens with zero attached hydrogens (tertiary/aromatic N) is 9. The zero-order chi connectivity index (χ0) is 29.1. The second-order valence-electron chi connectivity index (χ2n) is 9.78. The smallest absolute Gasteiger partial charge is 0.344 e. The van der Waals surface area contributed by atoms with Gasteiger partial charge in [-0.25, -0.2) is 9.78 Å². The van der Waals surface area contributed by atoms with E-state index >= 15 is 0 Å². The Morgan fingerprint density at radius 1 is 1.05 bits per heavy atom. The van der Waals surface area contributed by atoms with Gasteiger partial charge in [0.25, 0.3) is 0 Å². The van der Waals surface area contributed by atoms with Crippen molar-refractivity contribution in [2.24, 2.45) is 0 Å². The first-order valence-electron chi connectivity index (χ1n) is 13.7. The molecule has 42 heavy (non-hydrogen) atoms. The van der Waals surface area contributed by atoms with Crippen LogP contribution in [0.1, 0.15) is 6.92 Å². The molecule has 0 saturated carbocycles. The Bertz CT molecular complexity index is 1750. The Balaban J connectivity index is 1.11. The Hall–Kier alpha value is -5.22. The molecule has 1 aliphatic rings. The molecule has 0 amide bonds. The monoisotopic (exact) mass is 566 g/mol. The lowest BCUT2D eigenvalue weighted by Crippen LogP contribution is -2.47. The average molecular weight is 567 g/mol. The van der Waals surface area contributed by atoms with Crippen molar-refractivity contribution in [2.45, 2.75) is 13.5 Å². The first-order chi connectivity index (χ1) is 20.5. The van der Waals surface area contributed by atoms with Crippen molar-refractivity contribution < 1.29 is 14.3 Å². The van der Waals surface area contributed by atoms with Gasteiger partial charge < -0.3 is 25.0 Å². The Morgan fingerprint density at radius 2 is 1.86 bits per heavy atom. The summed E-state index contributed by atoms with van der Waals surface area (Å²) in [7, 11) is 0. The topological polar surface area (TPSA) is 133 Å². The number of nitrogen functional groups attached to an aromatic ring is 1. The maximum absolute atomic E-state index is 11.5. The first-order valence-corrected chi connectivity index (χ1v) is 13.7. The zero-order valence-electron chi connectivity index (χ0n) is 23.2. The third-order valence-electron chi connectivity index (χ3n) is 7.22. The van der Waals surface area contributed by atoms with E-state index in [1.54, 1.807) is 19.2 Å². The van der Waals surface area contributed by atoms with E-state index in [9.17, 15) is 4.79 Å². The number of aromatic nitrogens is 6. The summed E-state index contributed by atoms with van der Waals surface area (Å²) < 4.78 is 13.8. The van der Waals surface area contributed by atoms with Crippen LogP contribution in [-0.4, -0.2) is 85.9 Å². The molecule has 214 valence electrons. The van der Waals surface area contributed by atoms with Gasteiger partial charge in [0.15, 0.2) is 12.3 Å². The van der Waals surface area contributed by atoms with E-state index < -0.39 is 0 Å². The molecule has 0 unspecified atom stereocenters. The van der Waals surface area contributed by atoms with Crippen LogP contribution in [0.25, 0.3) is 33.0 Å². The largest absolute Gasteiger partial charge is 0.482 e. The van der Waals surface area contributed by atoms with Crippen molar-refractivity contribution in [3.05, 3.63) is 66.1 Å². The number of pyridine rings is 1. The molecule has 0 bridgehead atoms. The molecule has 1 saturated heterocycles. The molecule has 13 heteroatoms. The molecule has 0 aliphatic carbocycles. The van der Waals surface area contributed by atoms with Gasteiger partial charge in [-0.3, -0.25) is 14.5 Å². The van der Waals surface area contributed by atoms with Crippen LogP contribution in [0, 0.1) is 6.57 Å². The van der Waals surface area contributed by atoms with E-state index in [1.165, 1.54) is 4.52 Å². The maximum Gasteiger partial charge on any atom is 0.344 e. The summed E-state index contributed by atoms with van der Waals surface area (Å²) in [4.78, 5) is 33.6. The highest BCUT2D eigenvalue weighted by atomic mass is 16.6. The number of carbonyl (C=O) groups is 1. The molecule has 6 rings (SSSR count). The molecule has 2 N–H and O–H groups in total. The SMILES string of the molecule is [C-]#[N+]c1cc2c(nc(N)n3nc(-c4ccccn4)nc23)n1CCN1CCN(c2ccc(OCC(=O)OCC)cc2)CC1. The molecule has 4 aromatic heterocycles. The van der Waals surface area contributed by atoms with Crippen molar-refractivity contribution >= 4 is 40.1 Å². The minimum atomic E-state index is -0.380. The van der Waals surface area contributed by atoms with E-state index in [1.807, 2.05) is 47.0 Å². The van der Waals surface area contributed by atoms with Crippen molar-refractivity contribution in [1.29, 1.82) is 0 Å². The van der Waals surface area contributed by atoms with E-state index in [2.05, 4.69) is 34.7 Å². The van der Waals surface area contributed by atoms with Crippen LogP contribution in [0.15, 0.2) is 54.7 Å². The van der Waals surface area contributed by atoms with E-state index in [4.69, 9.17) is 21.8 Å². The van der Waals surface area contributed by atoms with Gasteiger partial charge >= 0.3 is 5.97 Å². The Morgan fingerprint density at radius 3 is 2.57 bits per heavy atom. The fraction of sp³-hybridized carbons (Fsp3) is 0.310. The molecule has 5 heterocycles. The van der Waals surface area contributed by atoms with Gasteiger partial charge in [-0.05, 0) is 49.4 Å². The number of anilines is 2. The number of benzene rings is 1. The molecule has 1 aromatic carbocycles.